The Morgan fingerprint density at radius 1 is 1.07 bits per heavy atom. The van der Waals surface area contributed by atoms with Crippen molar-refractivity contribution in [3.63, 3.8) is 0 Å². The minimum Gasteiger partial charge on any atom is -0.329 e. The van der Waals surface area contributed by atoms with Gasteiger partial charge in [-0.1, -0.05) is 17.7 Å². The van der Waals surface area contributed by atoms with Gasteiger partial charge in [-0.05, 0) is 49.4 Å². The molecule has 4 heterocycles. The van der Waals surface area contributed by atoms with Gasteiger partial charge in [0.1, 0.15) is 5.69 Å². The van der Waals surface area contributed by atoms with Gasteiger partial charge in [-0.25, -0.2) is 4.52 Å². The van der Waals surface area contributed by atoms with E-state index in [2.05, 4.69) is 15.3 Å². The molecule has 0 spiro atoms. The molecule has 0 saturated carbocycles. The summed E-state index contributed by atoms with van der Waals surface area (Å²) >= 11 is 5.91. The number of fused-ring (bicyclic) bond motifs is 2. The van der Waals surface area contributed by atoms with Crippen LogP contribution < -0.4 is 0 Å². The lowest BCUT2D eigenvalue weighted by atomic mass is 10.2. The summed E-state index contributed by atoms with van der Waals surface area (Å²) in [5.41, 5.74) is 3.48. The van der Waals surface area contributed by atoms with Crippen molar-refractivity contribution in [1.29, 1.82) is 0 Å². The van der Waals surface area contributed by atoms with Crippen LogP contribution in [0.5, 0.6) is 0 Å². The first-order chi connectivity index (χ1) is 13.6. The molecule has 3 aromatic heterocycles. The van der Waals surface area contributed by atoms with Gasteiger partial charge in [0.2, 0.25) is 0 Å². The lowest BCUT2D eigenvalue weighted by molar-refractivity contribution is 0.0708. The van der Waals surface area contributed by atoms with Crippen molar-refractivity contribution in [2.24, 2.45) is 0 Å². The first kappa shape index (κ1) is 16.9. The van der Waals surface area contributed by atoms with E-state index >= 15 is 0 Å². The lowest BCUT2D eigenvalue weighted by Crippen LogP contribution is -2.38. The number of aromatic nitrogens is 5. The Hall–Kier alpha value is -3.19. The number of pyridine rings is 1. The molecule has 8 heteroatoms. The molecule has 5 rings (SSSR count). The third-order valence-corrected chi connectivity index (χ3v) is 5.29. The maximum absolute atomic E-state index is 12.8. The summed E-state index contributed by atoms with van der Waals surface area (Å²) in [5, 5.41) is 14.0. The summed E-state index contributed by atoms with van der Waals surface area (Å²) in [4.78, 5) is 14.5. The van der Waals surface area contributed by atoms with Gasteiger partial charge in [-0.3, -0.25) is 4.79 Å². The van der Waals surface area contributed by atoms with Crippen LogP contribution >= 0.6 is 11.6 Å². The van der Waals surface area contributed by atoms with Crippen molar-refractivity contribution in [2.45, 2.75) is 20.0 Å². The van der Waals surface area contributed by atoms with E-state index in [0.29, 0.717) is 30.2 Å². The Morgan fingerprint density at radius 2 is 1.89 bits per heavy atom. The highest BCUT2D eigenvalue weighted by Gasteiger charge is 2.26. The van der Waals surface area contributed by atoms with Crippen molar-refractivity contribution in [1.82, 2.24) is 29.3 Å². The number of rotatable bonds is 2. The van der Waals surface area contributed by atoms with E-state index < -0.39 is 0 Å². The second-order valence-electron chi connectivity index (χ2n) is 6.86. The second kappa shape index (κ2) is 6.45. The van der Waals surface area contributed by atoms with Crippen LogP contribution in [0.2, 0.25) is 5.02 Å². The maximum atomic E-state index is 12.8. The maximum Gasteiger partial charge on any atom is 0.254 e. The molecule has 0 saturated heterocycles. The summed E-state index contributed by atoms with van der Waals surface area (Å²) in [7, 11) is 0. The summed E-state index contributed by atoms with van der Waals surface area (Å²) in [6, 6.07) is 15.0. The van der Waals surface area contributed by atoms with Crippen LogP contribution in [0.3, 0.4) is 0 Å². The molecule has 1 aliphatic rings. The van der Waals surface area contributed by atoms with Gasteiger partial charge in [0.25, 0.3) is 5.91 Å². The van der Waals surface area contributed by atoms with Crippen LogP contribution in [0.1, 0.15) is 21.9 Å². The van der Waals surface area contributed by atoms with Gasteiger partial charge < -0.3 is 9.47 Å². The van der Waals surface area contributed by atoms with Crippen LogP contribution in [0.4, 0.5) is 0 Å². The zero-order chi connectivity index (χ0) is 19.3. The van der Waals surface area contributed by atoms with Gasteiger partial charge in [0, 0.05) is 29.4 Å². The Balaban J connectivity index is 1.44. The number of benzene rings is 1. The van der Waals surface area contributed by atoms with Crippen molar-refractivity contribution in [3.8, 4) is 11.5 Å². The highest BCUT2D eigenvalue weighted by molar-refractivity contribution is 6.30. The van der Waals surface area contributed by atoms with Crippen LogP contribution in [0.15, 0.2) is 48.5 Å². The van der Waals surface area contributed by atoms with Gasteiger partial charge >= 0.3 is 0 Å². The van der Waals surface area contributed by atoms with E-state index in [4.69, 9.17) is 11.6 Å². The third-order valence-electron chi connectivity index (χ3n) is 5.04. The molecule has 4 aromatic rings. The molecule has 0 radical (unpaired) electrons. The number of nitrogens with zero attached hydrogens (tertiary/aromatic N) is 6. The molecular weight excluding hydrogens is 376 g/mol. The highest BCUT2D eigenvalue weighted by Crippen LogP contribution is 2.23. The summed E-state index contributed by atoms with van der Waals surface area (Å²) in [6.45, 7) is 3.65. The summed E-state index contributed by atoms with van der Waals surface area (Å²) in [5.74, 6) is 1.46. The van der Waals surface area contributed by atoms with Crippen molar-refractivity contribution in [2.75, 3.05) is 6.54 Å². The van der Waals surface area contributed by atoms with Gasteiger partial charge in [-0.15, -0.1) is 10.2 Å². The second-order valence-corrected chi connectivity index (χ2v) is 7.29. The van der Waals surface area contributed by atoms with Crippen LogP contribution in [0, 0.1) is 6.92 Å². The van der Waals surface area contributed by atoms with Crippen LogP contribution in [-0.4, -0.2) is 41.7 Å². The smallest absolute Gasteiger partial charge is 0.254 e. The Labute approximate surface area is 166 Å². The SMILES string of the molecule is Cc1cccc2cc(-c3nnc4n3CCN(C(=O)c3ccc(Cl)cc3)C4)nn12. The van der Waals surface area contributed by atoms with Crippen molar-refractivity contribution in [3.05, 3.63) is 70.6 Å². The minimum absolute atomic E-state index is 0.0316. The lowest BCUT2D eigenvalue weighted by Gasteiger charge is -2.27. The monoisotopic (exact) mass is 392 g/mol. The first-order valence-corrected chi connectivity index (χ1v) is 9.40. The molecule has 0 aliphatic carbocycles. The number of halogens is 1. The average Bonchev–Trinajstić information content (AvgIpc) is 3.32. The van der Waals surface area contributed by atoms with Crippen molar-refractivity contribution < 1.29 is 4.79 Å². The number of hydrogen-bond acceptors (Lipinski definition) is 4. The molecule has 0 bridgehead atoms. The fourth-order valence-electron chi connectivity index (χ4n) is 3.56. The van der Waals surface area contributed by atoms with E-state index in [0.717, 1.165) is 28.6 Å². The van der Waals surface area contributed by atoms with E-state index in [-0.39, 0.29) is 5.91 Å². The van der Waals surface area contributed by atoms with E-state index in [1.807, 2.05) is 40.3 Å². The van der Waals surface area contributed by atoms with Gasteiger partial charge in [-0.2, -0.15) is 5.10 Å². The summed E-state index contributed by atoms with van der Waals surface area (Å²) in [6.07, 6.45) is 0. The van der Waals surface area contributed by atoms with Crippen LogP contribution in [0.25, 0.3) is 17.0 Å². The van der Waals surface area contributed by atoms with Crippen molar-refractivity contribution >= 4 is 23.0 Å². The molecule has 7 nitrogen and oxygen atoms in total. The zero-order valence-electron chi connectivity index (χ0n) is 15.2. The molecule has 0 N–H and O–H groups in total. The fraction of sp³-hybridized carbons (Fsp3) is 0.200. The summed E-state index contributed by atoms with van der Waals surface area (Å²) < 4.78 is 3.94. The largest absolute Gasteiger partial charge is 0.329 e. The Bertz CT molecular complexity index is 1190. The zero-order valence-corrected chi connectivity index (χ0v) is 16.0. The standard InChI is InChI=1S/C20H17ClN6O/c1-13-3-2-4-16-11-17(24-27(13)16)19-23-22-18-12-25(9-10-26(18)19)20(28)14-5-7-15(21)8-6-14/h2-8,11H,9-10,12H2,1H3. The molecular formula is C20H17ClN6O. The molecule has 28 heavy (non-hydrogen) atoms. The topological polar surface area (TPSA) is 68.3 Å². The minimum atomic E-state index is -0.0316. The number of amides is 1. The molecule has 140 valence electrons. The fourth-order valence-corrected chi connectivity index (χ4v) is 3.68. The Morgan fingerprint density at radius 3 is 2.68 bits per heavy atom. The van der Waals surface area contributed by atoms with Gasteiger partial charge in [0.15, 0.2) is 11.6 Å². The molecule has 1 aliphatic heterocycles. The molecule has 1 aromatic carbocycles. The predicted molar refractivity (Wildman–Crippen MR) is 105 cm³/mol. The molecule has 1 amide bonds. The van der Waals surface area contributed by atoms with E-state index in [9.17, 15) is 4.79 Å². The highest BCUT2D eigenvalue weighted by atomic mass is 35.5. The quantitative estimate of drug-likeness (QED) is 0.525. The van der Waals surface area contributed by atoms with E-state index in [1.54, 1.807) is 29.2 Å². The number of carbonyl (C=O) groups excluding carboxylic acids is 1. The molecule has 0 atom stereocenters. The molecule has 0 fully saturated rings. The van der Waals surface area contributed by atoms with Gasteiger partial charge in [0.05, 0.1) is 12.1 Å². The first-order valence-electron chi connectivity index (χ1n) is 9.03. The number of hydrogen-bond donors (Lipinski definition) is 0. The third kappa shape index (κ3) is 2.75. The van der Waals surface area contributed by atoms with Crippen LogP contribution in [-0.2, 0) is 13.1 Å². The Kier molecular flexibility index (Phi) is 3.91. The predicted octanol–water partition coefficient (Wildman–Crippen LogP) is 3.21. The normalized spacial score (nSPS) is 13.7. The number of aryl methyl sites for hydroxylation is 1. The number of carbonyl (C=O) groups is 1. The molecule has 0 unspecified atom stereocenters. The average molecular weight is 393 g/mol. The van der Waals surface area contributed by atoms with E-state index in [1.165, 1.54) is 0 Å².